The van der Waals surface area contributed by atoms with E-state index < -0.39 is 5.97 Å². The number of pyridine rings is 1. The molecule has 2 heterocycles. The summed E-state index contributed by atoms with van der Waals surface area (Å²) in [5, 5.41) is 12.3. The molecule has 0 aliphatic carbocycles. The number of hydrogen-bond donors (Lipinski definition) is 2. The number of anilines is 4. The smallest absolute Gasteiger partial charge is 0.357 e. The van der Waals surface area contributed by atoms with Gasteiger partial charge >= 0.3 is 5.97 Å². The molecule has 1 fully saturated rings. The number of piperidine rings is 1. The third kappa shape index (κ3) is 5.39. The Labute approximate surface area is 191 Å². The zero-order valence-corrected chi connectivity index (χ0v) is 19.9. The molecule has 0 amide bonds. The number of esters is 1. The second kappa shape index (κ2) is 10.5. The monoisotopic (exact) mass is 437 g/mol. The Morgan fingerprint density at radius 3 is 2.56 bits per heavy atom. The quantitative estimate of drug-likeness (QED) is 0.443. The van der Waals surface area contributed by atoms with Gasteiger partial charge in [-0.05, 0) is 56.4 Å². The van der Waals surface area contributed by atoms with Crippen LogP contribution in [-0.2, 0) is 4.74 Å². The first-order valence-corrected chi connectivity index (χ1v) is 11.4. The van der Waals surface area contributed by atoms with Crippen molar-refractivity contribution in [1.29, 1.82) is 5.41 Å². The Balaban J connectivity index is 2.16. The lowest BCUT2D eigenvalue weighted by Gasteiger charge is -2.32. The predicted molar refractivity (Wildman–Crippen MR) is 132 cm³/mol. The first-order valence-electron chi connectivity index (χ1n) is 11.4. The van der Waals surface area contributed by atoms with E-state index in [1.54, 1.807) is 13.0 Å². The van der Waals surface area contributed by atoms with Crippen LogP contribution in [0.15, 0.2) is 30.3 Å². The van der Waals surface area contributed by atoms with E-state index in [4.69, 9.17) is 10.1 Å². The average Bonchev–Trinajstić information content (AvgIpc) is 2.79. The summed E-state index contributed by atoms with van der Waals surface area (Å²) in [4.78, 5) is 21.6. The van der Waals surface area contributed by atoms with E-state index in [0.29, 0.717) is 11.5 Å². The Morgan fingerprint density at radius 1 is 1.22 bits per heavy atom. The number of nitrogens with one attached hydrogen (secondary N) is 2. The topological polar surface area (TPSA) is 81.5 Å². The molecule has 0 spiro atoms. The van der Waals surface area contributed by atoms with Crippen molar-refractivity contribution < 1.29 is 9.53 Å². The van der Waals surface area contributed by atoms with Crippen LogP contribution >= 0.6 is 0 Å². The molecule has 172 valence electrons. The fourth-order valence-corrected chi connectivity index (χ4v) is 3.87. The molecule has 3 rings (SSSR count). The summed E-state index contributed by atoms with van der Waals surface area (Å²) < 4.78 is 5.27. The van der Waals surface area contributed by atoms with Crippen molar-refractivity contribution in [3.8, 4) is 0 Å². The van der Waals surface area contributed by atoms with Gasteiger partial charge in [0.1, 0.15) is 5.82 Å². The number of hydrogen-bond acceptors (Lipinski definition) is 7. The molecular weight excluding hydrogens is 402 g/mol. The minimum absolute atomic E-state index is 0.0162. The summed E-state index contributed by atoms with van der Waals surface area (Å²) in [6, 6.07) is 9.81. The average molecular weight is 438 g/mol. The summed E-state index contributed by atoms with van der Waals surface area (Å²) in [5.74, 6) is 0.0895. The van der Waals surface area contributed by atoms with Crippen molar-refractivity contribution in [1.82, 2.24) is 4.98 Å². The van der Waals surface area contributed by atoms with Gasteiger partial charge in [-0.3, -0.25) is 0 Å². The van der Waals surface area contributed by atoms with Crippen LogP contribution in [-0.4, -0.2) is 50.5 Å². The summed E-state index contributed by atoms with van der Waals surface area (Å²) in [6.45, 7) is 7.91. The molecule has 1 saturated heterocycles. The van der Waals surface area contributed by atoms with Gasteiger partial charge in [-0.1, -0.05) is 19.9 Å². The summed E-state index contributed by atoms with van der Waals surface area (Å²) in [7, 11) is 3.99. The van der Waals surface area contributed by atoms with Gasteiger partial charge in [-0.2, -0.15) is 0 Å². The zero-order valence-electron chi connectivity index (χ0n) is 19.9. The maximum Gasteiger partial charge on any atom is 0.357 e. The molecule has 7 nitrogen and oxygen atoms in total. The van der Waals surface area contributed by atoms with Crippen LogP contribution < -0.4 is 15.1 Å². The van der Waals surface area contributed by atoms with E-state index in [1.807, 2.05) is 57.1 Å². The van der Waals surface area contributed by atoms with E-state index in [2.05, 4.69) is 15.2 Å². The van der Waals surface area contributed by atoms with E-state index in [0.717, 1.165) is 48.6 Å². The first-order chi connectivity index (χ1) is 15.3. The third-order valence-corrected chi connectivity index (χ3v) is 5.65. The van der Waals surface area contributed by atoms with Crippen LogP contribution in [0.3, 0.4) is 0 Å². The van der Waals surface area contributed by atoms with Crippen molar-refractivity contribution in [3.63, 3.8) is 0 Å². The lowest BCUT2D eigenvalue weighted by molar-refractivity contribution is 0.0519. The van der Waals surface area contributed by atoms with Crippen LogP contribution in [0.4, 0.5) is 22.9 Å². The van der Waals surface area contributed by atoms with Gasteiger partial charge in [-0.15, -0.1) is 0 Å². The SMILES string of the molecule is CCOC(=O)c1cc(N2CCCCC2)c(C(=N)C(C)C)c(Nc2cccc(N(C)C)c2)n1. The molecule has 1 aliphatic rings. The number of rotatable bonds is 8. The van der Waals surface area contributed by atoms with E-state index in [9.17, 15) is 4.79 Å². The molecule has 1 aromatic heterocycles. The molecular formula is C25H35N5O2. The molecule has 0 atom stereocenters. The largest absolute Gasteiger partial charge is 0.461 e. The normalized spacial score (nSPS) is 13.8. The Hall–Kier alpha value is -3.09. The van der Waals surface area contributed by atoms with Crippen molar-refractivity contribution in [2.75, 3.05) is 48.9 Å². The Morgan fingerprint density at radius 2 is 1.94 bits per heavy atom. The fraction of sp³-hybridized carbons (Fsp3) is 0.480. The molecule has 32 heavy (non-hydrogen) atoms. The minimum atomic E-state index is -0.446. The van der Waals surface area contributed by atoms with Crippen molar-refractivity contribution in [3.05, 3.63) is 41.6 Å². The van der Waals surface area contributed by atoms with Crippen LogP contribution in [0.25, 0.3) is 0 Å². The molecule has 0 unspecified atom stereocenters. The van der Waals surface area contributed by atoms with Crippen molar-refractivity contribution in [2.45, 2.75) is 40.0 Å². The first kappa shape index (κ1) is 23.6. The van der Waals surface area contributed by atoms with Gasteiger partial charge in [0.25, 0.3) is 0 Å². The second-order valence-corrected chi connectivity index (χ2v) is 8.66. The number of carbonyl (C=O) groups excluding carboxylic acids is 1. The van der Waals surface area contributed by atoms with Gasteiger partial charge < -0.3 is 25.3 Å². The Kier molecular flexibility index (Phi) is 7.72. The van der Waals surface area contributed by atoms with Gasteiger partial charge in [0.15, 0.2) is 5.69 Å². The van der Waals surface area contributed by atoms with Crippen molar-refractivity contribution in [2.24, 2.45) is 5.92 Å². The molecule has 2 N–H and O–H groups in total. The van der Waals surface area contributed by atoms with E-state index in [-0.39, 0.29) is 18.2 Å². The minimum Gasteiger partial charge on any atom is -0.461 e. The van der Waals surface area contributed by atoms with E-state index >= 15 is 0 Å². The number of aromatic nitrogens is 1. The molecule has 0 bridgehead atoms. The zero-order chi connectivity index (χ0) is 23.3. The molecule has 7 heteroatoms. The highest BCUT2D eigenvalue weighted by atomic mass is 16.5. The van der Waals surface area contributed by atoms with Gasteiger partial charge in [0.2, 0.25) is 0 Å². The molecule has 2 aromatic rings. The maximum absolute atomic E-state index is 12.7. The second-order valence-electron chi connectivity index (χ2n) is 8.66. The maximum atomic E-state index is 12.7. The number of nitrogens with zero attached hydrogens (tertiary/aromatic N) is 3. The highest BCUT2D eigenvalue weighted by Gasteiger charge is 2.26. The van der Waals surface area contributed by atoms with Gasteiger partial charge in [-0.25, -0.2) is 9.78 Å². The lowest BCUT2D eigenvalue weighted by atomic mass is 9.96. The summed E-state index contributed by atoms with van der Waals surface area (Å²) >= 11 is 0. The molecule has 1 aliphatic heterocycles. The number of benzene rings is 1. The highest BCUT2D eigenvalue weighted by Crippen LogP contribution is 2.34. The third-order valence-electron chi connectivity index (χ3n) is 5.65. The molecule has 1 aromatic carbocycles. The van der Waals surface area contributed by atoms with Gasteiger partial charge in [0.05, 0.1) is 17.9 Å². The fourth-order valence-electron chi connectivity index (χ4n) is 3.87. The van der Waals surface area contributed by atoms with Gasteiger partial charge in [0, 0.05) is 44.3 Å². The number of carbonyl (C=O) groups is 1. The summed E-state index contributed by atoms with van der Waals surface area (Å²) in [6.07, 6.45) is 3.39. The Bertz CT molecular complexity index is 965. The predicted octanol–water partition coefficient (Wildman–Crippen LogP) is 5.08. The van der Waals surface area contributed by atoms with Crippen LogP contribution in [0.2, 0.25) is 0 Å². The van der Waals surface area contributed by atoms with Crippen LogP contribution in [0, 0.1) is 11.3 Å². The highest BCUT2D eigenvalue weighted by molar-refractivity contribution is 6.09. The van der Waals surface area contributed by atoms with E-state index in [1.165, 1.54) is 6.42 Å². The molecule has 0 saturated carbocycles. The standard InChI is InChI=1S/C25H35N5O2/c1-6-32-25(31)20-16-21(30-13-8-7-9-14-30)22(23(26)17(2)3)24(28-20)27-18-11-10-12-19(15-18)29(4)5/h10-12,15-17,26H,6-9,13-14H2,1-5H3,(H,27,28). The van der Waals surface area contributed by atoms with Crippen LogP contribution in [0.1, 0.15) is 56.1 Å². The van der Waals surface area contributed by atoms with Crippen LogP contribution in [0.5, 0.6) is 0 Å². The summed E-state index contributed by atoms with van der Waals surface area (Å²) in [5.41, 5.74) is 4.30. The lowest BCUT2D eigenvalue weighted by Crippen LogP contribution is -2.32. The van der Waals surface area contributed by atoms with Crippen molar-refractivity contribution >= 4 is 34.6 Å². The molecule has 0 radical (unpaired) electrons. The number of ether oxygens (including phenoxy) is 1.